The molecule has 6 nitrogen and oxygen atoms in total. The van der Waals surface area contributed by atoms with E-state index in [0.29, 0.717) is 17.7 Å². The van der Waals surface area contributed by atoms with Crippen LogP contribution in [0.2, 0.25) is 0 Å². The molecule has 0 aliphatic heterocycles. The molecule has 1 amide bonds. The maximum Gasteiger partial charge on any atom is 0.251 e. The van der Waals surface area contributed by atoms with E-state index in [1.165, 1.54) is 17.7 Å². The van der Waals surface area contributed by atoms with Gasteiger partial charge in [0.25, 0.3) is 5.91 Å². The lowest BCUT2D eigenvalue weighted by Crippen LogP contribution is -2.27. The van der Waals surface area contributed by atoms with Crippen molar-refractivity contribution in [1.82, 2.24) is 10.5 Å². The number of hydrogen-bond acceptors (Lipinski definition) is 4. The Morgan fingerprint density at radius 3 is 2.25 bits per heavy atom. The fourth-order valence-electron chi connectivity index (χ4n) is 5.07. The van der Waals surface area contributed by atoms with Gasteiger partial charge in [-0.1, -0.05) is 92.7 Å². The van der Waals surface area contributed by atoms with Crippen molar-refractivity contribution in [2.75, 3.05) is 12.3 Å². The number of carbonyl (C=O) groups is 1. The Bertz CT molecular complexity index is 1740. The fraction of sp³-hybridized carbons (Fsp3) is 0.222. The lowest BCUT2D eigenvalue weighted by Gasteiger charge is -2.21. The summed E-state index contributed by atoms with van der Waals surface area (Å²) in [6.45, 7) is 6.68. The normalized spacial score (nSPS) is 12.9. The predicted octanol–water partition coefficient (Wildman–Crippen LogP) is 7.77. The van der Waals surface area contributed by atoms with Crippen molar-refractivity contribution in [3.8, 4) is 22.5 Å². The van der Waals surface area contributed by atoms with Crippen molar-refractivity contribution in [1.29, 1.82) is 0 Å². The number of nitrogens with one attached hydrogen (secondary N) is 1. The summed E-state index contributed by atoms with van der Waals surface area (Å²) in [5, 5.41) is 7.17. The second-order valence-electron chi connectivity index (χ2n) is 11.8. The Hall–Kier alpha value is -4.40. The number of aromatic nitrogens is 1. The minimum Gasteiger partial charge on any atom is -0.356 e. The van der Waals surface area contributed by atoms with Gasteiger partial charge in [0, 0.05) is 29.7 Å². The highest BCUT2D eigenvalue weighted by Crippen LogP contribution is 2.34. The summed E-state index contributed by atoms with van der Waals surface area (Å²) in [6.07, 6.45) is 0.627. The number of nitrogens with zero attached hydrogens (tertiary/aromatic N) is 1. The van der Waals surface area contributed by atoms with Crippen molar-refractivity contribution in [2.45, 2.75) is 38.5 Å². The van der Waals surface area contributed by atoms with E-state index in [4.69, 9.17) is 9.08 Å². The molecule has 0 radical (unpaired) electrons. The Labute approximate surface area is 259 Å². The summed E-state index contributed by atoms with van der Waals surface area (Å²) in [4.78, 5) is 12.5. The van der Waals surface area contributed by atoms with Crippen LogP contribution in [0.25, 0.3) is 22.5 Å². The van der Waals surface area contributed by atoms with E-state index >= 15 is 0 Å². The lowest BCUT2D eigenvalue weighted by molar-refractivity contribution is 0.0956. The highest BCUT2D eigenvalue weighted by atomic mass is 32.2. The van der Waals surface area contributed by atoms with Crippen LogP contribution in [0.3, 0.4) is 0 Å². The Morgan fingerprint density at radius 1 is 0.909 bits per heavy atom. The van der Waals surface area contributed by atoms with Crippen LogP contribution in [-0.4, -0.2) is 32.1 Å². The Morgan fingerprint density at radius 2 is 1.59 bits per heavy atom. The largest absolute Gasteiger partial charge is 0.356 e. The van der Waals surface area contributed by atoms with Crippen LogP contribution >= 0.6 is 0 Å². The molecule has 4 aromatic carbocycles. The van der Waals surface area contributed by atoms with Gasteiger partial charge in [-0.15, -0.1) is 0 Å². The van der Waals surface area contributed by atoms with Crippen LogP contribution in [0.1, 0.15) is 59.4 Å². The van der Waals surface area contributed by atoms with Crippen LogP contribution in [0.15, 0.2) is 108 Å². The molecule has 0 aliphatic rings. The number of amides is 1. The molecule has 2 N–H and O–H groups in total. The number of benzene rings is 4. The van der Waals surface area contributed by atoms with E-state index in [-0.39, 0.29) is 35.4 Å². The number of hydrogen-bond donors (Lipinski definition) is 2. The first kappa shape index (κ1) is 31.0. The SMILES string of the molecule is CC(C)(C)c1ccc(C(Cc2ccc(C(=O)NCCS(=O)O)cc2)c2cc(-c3cccc(-c4ccc(F)cc4)c3)on2)cc1. The van der Waals surface area contributed by atoms with Gasteiger partial charge in [-0.05, 0) is 70.0 Å². The summed E-state index contributed by atoms with van der Waals surface area (Å²) >= 11 is -1.95. The van der Waals surface area contributed by atoms with Crippen LogP contribution in [0.4, 0.5) is 4.39 Å². The molecule has 0 aliphatic carbocycles. The average molecular weight is 611 g/mol. The van der Waals surface area contributed by atoms with Gasteiger partial charge in [0.1, 0.15) is 5.82 Å². The summed E-state index contributed by atoms with van der Waals surface area (Å²) in [6, 6.07) is 32.2. The zero-order chi connectivity index (χ0) is 31.3. The number of carbonyl (C=O) groups excluding carboxylic acids is 1. The molecule has 0 saturated carbocycles. The van der Waals surface area contributed by atoms with Gasteiger partial charge in [0.15, 0.2) is 16.8 Å². The third kappa shape index (κ3) is 7.75. The molecule has 2 unspecified atom stereocenters. The zero-order valence-electron chi connectivity index (χ0n) is 24.9. The van der Waals surface area contributed by atoms with Crippen LogP contribution in [0, 0.1) is 5.82 Å². The van der Waals surface area contributed by atoms with Crippen molar-refractivity contribution in [2.24, 2.45) is 0 Å². The summed E-state index contributed by atoms with van der Waals surface area (Å²) in [7, 11) is 0. The summed E-state index contributed by atoms with van der Waals surface area (Å²) in [5.74, 6) is -0.0612. The van der Waals surface area contributed by atoms with Crippen molar-refractivity contribution < 1.29 is 22.5 Å². The minimum atomic E-state index is -1.95. The number of rotatable bonds is 10. The van der Waals surface area contributed by atoms with Gasteiger partial charge in [-0.2, -0.15) is 0 Å². The molecular weight excluding hydrogens is 575 g/mol. The van der Waals surface area contributed by atoms with E-state index in [2.05, 4.69) is 55.5 Å². The van der Waals surface area contributed by atoms with E-state index in [0.717, 1.165) is 33.5 Å². The first-order chi connectivity index (χ1) is 21.1. The second-order valence-corrected chi connectivity index (χ2v) is 12.9. The zero-order valence-corrected chi connectivity index (χ0v) is 25.7. The fourth-order valence-corrected chi connectivity index (χ4v) is 5.35. The minimum absolute atomic E-state index is 0.0181. The van der Waals surface area contributed by atoms with Gasteiger partial charge >= 0.3 is 0 Å². The molecule has 5 aromatic rings. The van der Waals surface area contributed by atoms with Crippen LogP contribution in [0.5, 0.6) is 0 Å². The average Bonchev–Trinajstić information content (AvgIpc) is 3.50. The van der Waals surface area contributed by atoms with E-state index in [1.54, 1.807) is 24.3 Å². The quantitative estimate of drug-likeness (QED) is 0.158. The maximum absolute atomic E-state index is 13.5. The lowest BCUT2D eigenvalue weighted by atomic mass is 9.83. The molecule has 0 fully saturated rings. The molecule has 0 saturated heterocycles. The molecule has 5 rings (SSSR count). The van der Waals surface area contributed by atoms with Gasteiger partial charge < -0.3 is 14.4 Å². The van der Waals surface area contributed by atoms with Gasteiger partial charge in [0.05, 0.1) is 11.4 Å². The van der Waals surface area contributed by atoms with Gasteiger partial charge in [0.2, 0.25) is 0 Å². The monoisotopic (exact) mass is 610 g/mol. The molecular formula is C36H35FN2O4S. The van der Waals surface area contributed by atoms with Gasteiger partial charge in [-0.3, -0.25) is 4.79 Å². The molecule has 0 spiro atoms. The third-order valence-corrected chi connectivity index (χ3v) is 8.16. The standard InChI is InChI=1S/C36H35FN2O4S/c1-36(2,3)30-15-11-26(12-16-30)32(21-24-7-9-27(10-8-24)35(40)38-19-20-44(41)42)33-23-34(43-39-33)29-6-4-5-28(22-29)25-13-17-31(37)18-14-25/h4-18,22-23,32H,19-21H2,1-3H3,(H,38,40)(H,41,42). The second kappa shape index (κ2) is 13.5. The smallest absolute Gasteiger partial charge is 0.251 e. The highest BCUT2D eigenvalue weighted by Gasteiger charge is 2.22. The third-order valence-electron chi connectivity index (χ3n) is 7.61. The first-order valence-corrected chi connectivity index (χ1v) is 15.7. The molecule has 8 heteroatoms. The topological polar surface area (TPSA) is 92.4 Å². The van der Waals surface area contributed by atoms with Crippen LogP contribution in [-0.2, 0) is 22.9 Å². The highest BCUT2D eigenvalue weighted by molar-refractivity contribution is 7.79. The molecule has 1 aromatic heterocycles. The summed E-state index contributed by atoms with van der Waals surface area (Å²) < 4.78 is 39.1. The number of halogens is 1. The van der Waals surface area contributed by atoms with Gasteiger partial charge in [-0.25, -0.2) is 8.60 Å². The molecule has 44 heavy (non-hydrogen) atoms. The first-order valence-electron chi connectivity index (χ1n) is 14.4. The summed E-state index contributed by atoms with van der Waals surface area (Å²) in [5.41, 5.74) is 7.36. The van der Waals surface area contributed by atoms with E-state index in [9.17, 15) is 13.4 Å². The van der Waals surface area contributed by atoms with E-state index < -0.39 is 11.1 Å². The van der Waals surface area contributed by atoms with Crippen LogP contribution < -0.4 is 5.32 Å². The van der Waals surface area contributed by atoms with E-state index in [1.807, 2.05) is 42.5 Å². The maximum atomic E-state index is 13.5. The van der Waals surface area contributed by atoms with Crippen molar-refractivity contribution in [3.63, 3.8) is 0 Å². The molecule has 0 bridgehead atoms. The Kier molecular flexibility index (Phi) is 9.52. The molecule has 2 atom stereocenters. The Balaban J connectivity index is 1.42. The predicted molar refractivity (Wildman–Crippen MR) is 172 cm³/mol. The molecule has 1 heterocycles. The van der Waals surface area contributed by atoms with Crippen molar-refractivity contribution >= 4 is 17.0 Å². The van der Waals surface area contributed by atoms with Crippen molar-refractivity contribution in [3.05, 3.63) is 137 Å². The molecule has 226 valence electrons.